The second kappa shape index (κ2) is 9.14. The van der Waals surface area contributed by atoms with Gasteiger partial charge in [-0.1, -0.05) is 36.4 Å². The van der Waals surface area contributed by atoms with E-state index >= 15 is 0 Å². The minimum absolute atomic E-state index is 0.153. The van der Waals surface area contributed by atoms with Crippen LogP contribution in [0.25, 0.3) is 16.6 Å². The fourth-order valence-corrected chi connectivity index (χ4v) is 4.10. The summed E-state index contributed by atoms with van der Waals surface area (Å²) in [5.74, 6) is 0.506. The third kappa shape index (κ3) is 4.19. The molecule has 2 amide bonds. The Morgan fingerprint density at radius 1 is 0.912 bits per heavy atom. The molecule has 3 aromatic carbocycles. The van der Waals surface area contributed by atoms with Gasteiger partial charge in [0.1, 0.15) is 5.82 Å². The van der Waals surface area contributed by atoms with E-state index in [9.17, 15) is 9.59 Å². The summed E-state index contributed by atoms with van der Waals surface area (Å²) < 4.78 is 1.63. The molecule has 1 heterocycles. The normalized spacial score (nSPS) is 11.9. The van der Waals surface area contributed by atoms with Crippen molar-refractivity contribution >= 4 is 22.6 Å². The minimum atomic E-state index is -0.469. The van der Waals surface area contributed by atoms with Gasteiger partial charge in [0.15, 0.2) is 0 Å². The van der Waals surface area contributed by atoms with E-state index in [1.807, 2.05) is 89.2 Å². The molecule has 1 unspecified atom stereocenters. The predicted octanol–water partition coefficient (Wildman–Crippen LogP) is 5.84. The third-order valence-electron chi connectivity index (χ3n) is 6.54. The number of nitrogens with one attached hydrogen (secondary N) is 1. The number of anilines is 1. The number of rotatable bonds is 4. The fraction of sp³-hybridized carbons (Fsp3) is 0.250. The predicted molar refractivity (Wildman–Crippen MR) is 138 cm³/mol. The number of urea groups is 1. The Labute approximate surface area is 199 Å². The smallest absolute Gasteiger partial charge is 0.318 e. The Morgan fingerprint density at radius 2 is 1.59 bits per heavy atom. The molecule has 1 atom stereocenters. The number of aromatic nitrogens is 2. The summed E-state index contributed by atoms with van der Waals surface area (Å²) in [5, 5.41) is 3.57. The maximum absolute atomic E-state index is 13.6. The molecular weight excluding hydrogens is 424 g/mol. The molecule has 34 heavy (non-hydrogen) atoms. The summed E-state index contributed by atoms with van der Waals surface area (Å²) >= 11 is 0. The molecule has 0 bridgehead atoms. The van der Waals surface area contributed by atoms with Gasteiger partial charge in [-0.25, -0.2) is 9.78 Å². The average Bonchev–Trinajstić information content (AvgIpc) is 2.82. The molecule has 4 rings (SSSR count). The van der Waals surface area contributed by atoms with Crippen molar-refractivity contribution in [1.82, 2.24) is 14.5 Å². The van der Waals surface area contributed by atoms with Crippen LogP contribution < -0.4 is 10.9 Å². The van der Waals surface area contributed by atoms with Crippen molar-refractivity contribution in [3.8, 4) is 5.69 Å². The Bertz CT molecular complexity index is 1430. The molecular formula is C28H30N4O2. The van der Waals surface area contributed by atoms with Crippen LogP contribution in [0.5, 0.6) is 0 Å². The van der Waals surface area contributed by atoms with Crippen molar-refractivity contribution < 1.29 is 4.79 Å². The van der Waals surface area contributed by atoms with Gasteiger partial charge >= 0.3 is 6.03 Å². The summed E-state index contributed by atoms with van der Waals surface area (Å²) in [6.45, 7) is 9.88. The van der Waals surface area contributed by atoms with Crippen LogP contribution >= 0.6 is 0 Å². The molecule has 174 valence electrons. The number of nitrogens with zero attached hydrogens (tertiary/aromatic N) is 3. The molecule has 0 fully saturated rings. The van der Waals surface area contributed by atoms with Gasteiger partial charge in [0.25, 0.3) is 5.56 Å². The van der Waals surface area contributed by atoms with Crippen molar-refractivity contribution in [2.24, 2.45) is 0 Å². The van der Waals surface area contributed by atoms with E-state index in [0.717, 1.165) is 33.6 Å². The zero-order valence-electron chi connectivity index (χ0n) is 20.5. The molecule has 0 aliphatic carbocycles. The molecule has 0 radical (unpaired) electrons. The standard InChI is InChI=1S/C28H30N4O2/c1-17-14-15-22(16-20(17)4)32-26(29-24-13-8-7-12-23(24)27(32)33)21(5)31(6)28(34)30-25-18(2)10-9-11-19(25)3/h7-16,21H,1-6H3,(H,30,34). The molecule has 1 aromatic heterocycles. The Hall–Kier alpha value is -3.93. The Morgan fingerprint density at radius 3 is 2.26 bits per heavy atom. The number of carbonyl (C=O) groups excluding carboxylic acids is 1. The highest BCUT2D eigenvalue weighted by molar-refractivity contribution is 5.91. The second-order valence-corrected chi connectivity index (χ2v) is 8.88. The lowest BCUT2D eigenvalue weighted by atomic mass is 10.1. The van der Waals surface area contributed by atoms with Gasteiger partial charge in [-0.15, -0.1) is 0 Å². The van der Waals surface area contributed by atoms with E-state index in [4.69, 9.17) is 4.98 Å². The first-order valence-electron chi connectivity index (χ1n) is 11.4. The molecule has 0 spiro atoms. The van der Waals surface area contributed by atoms with Crippen LogP contribution in [0.4, 0.5) is 10.5 Å². The minimum Gasteiger partial charge on any atom is -0.318 e. The first kappa shape index (κ1) is 23.2. The van der Waals surface area contributed by atoms with E-state index in [0.29, 0.717) is 16.7 Å². The highest BCUT2D eigenvalue weighted by Gasteiger charge is 2.25. The van der Waals surface area contributed by atoms with Gasteiger partial charge < -0.3 is 10.2 Å². The molecule has 6 nitrogen and oxygen atoms in total. The SMILES string of the molecule is Cc1ccc(-n2c(C(C)N(C)C(=O)Nc3c(C)cccc3C)nc3ccccc3c2=O)cc1C. The number of hydrogen-bond donors (Lipinski definition) is 1. The van der Waals surface area contributed by atoms with E-state index in [-0.39, 0.29) is 11.6 Å². The Balaban J connectivity index is 1.81. The van der Waals surface area contributed by atoms with Crippen molar-refractivity contribution in [2.75, 3.05) is 12.4 Å². The second-order valence-electron chi connectivity index (χ2n) is 8.88. The van der Waals surface area contributed by atoms with Crippen molar-refractivity contribution in [1.29, 1.82) is 0 Å². The quantitative estimate of drug-likeness (QED) is 0.421. The largest absolute Gasteiger partial charge is 0.322 e. The van der Waals surface area contributed by atoms with Gasteiger partial charge in [-0.05, 0) is 81.1 Å². The maximum Gasteiger partial charge on any atom is 0.322 e. The van der Waals surface area contributed by atoms with Crippen LogP contribution in [0.15, 0.2) is 65.5 Å². The molecule has 0 saturated heterocycles. The zero-order chi connectivity index (χ0) is 24.6. The topological polar surface area (TPSA) is 67.2 Å². The summed E-state index contributed by atoms with van der Waals surface area (Å²) in [6, 6.07) is 18.4. The summed E-state index contributed by atoms with van der Waals surface area (Å²) in [6.07, 6.45) is 0. The average molecular weight is 455 g/mol. The number of fused-ring (bicyclic) bond motifs is 1. The summed E-state index contributed by atoms with van der Waals surface area (Å²) in [4.78, 5) is 33.3. The van der Waals surface area contributed by atoms with Crippen LogP contribution in [0.1, 0.15) is 41.0 Å². The molecule has 1 N–H and O–H groups in total. The van der Waals surface area contributed by atoms with Gasteiger partial charge in [0, 0.05) is 12.7 Å². The highest BCUT2D eigenvalue weighted by Crippen LogP contribution is 2.25. The van der Waals surface area contributed by atoms with Gasteiger partial charge in [-0.2, -0.15) is 0 Å². The van der Waals surface area contributed by atoms with E-state index in [1.54, 1.807) is 22.6 Å². The van der Waals surface area contributed by atoms with Gasteiger partial charge in [0.05, 0.1) is 22.6 Å². The van der Waals surface area contributed by atoms with E-state index in [2.05, 4.69) is 5.32 Å². The lowest BCUT2D eigenvalue weighted by molar-refractivity contribution is 0.205. The zero-order valence-corrected chi connectivity index (χ0v) is 20.5. The van der Waals surface area contributed by atoms with Crippen molar-refractivity contribution in [3.63, 3.8) is 0 Å². The van der Waals surface area contributed by atoms with Crippen molar-refractivity contribution in [3.05, 3.63) is 99.1 Å². The molecule has 6 heteroatoms. The van der Waals surface area contributed by atoms with Gasteiger partial charge in [0.2, 0.25) is 0 Å². The van der Waals surface area contributed by atoms with Crippen molar-refractivity contribution in [2.45, 2.75) is 40.7 Å². The monoisotopic (exact) mass is 454 g/mol. The van der Waals surface area contributed by atoms with Crippen LogP contribution in [-0.4, -0.2) is 27.5 Å². The number of para-hydroxylation sites is 2. The van der Waals surface area contributed by atoms with Crippen LogP contribution in [0.2, 0.25) is 0 Å². The summed E-state index contributed by atoms with van der Waals surface area (Å²) in [5.41, 5.74) is 6.19. The number of amides is 2. The number of benzene rings is 3. The number of hydrogen-bond acceptors (Lipinski definition) is 3. The van der Waals surface area contributed by atoms with Crippen LogP contribution in [-0.2, 0) is 0 Å². The van der Waals surface area contributed by atoms with Crippen LogP contribution in [0.3, 0.4) is 0 Å². The Kier molecular flexibility index (Phi) is 6.24. The highest BCUT2D eigenvalue weighted by atomic mass is 16.2. The molecule has 4 aromatic rings. The maximum atomic E-state index is 13.6. The van der Waals surface area contributed by atoms with E-state index in [1.165, 1.54) is 0 Å². The first-order valence-corrected chi connectivity index (χ1v) is 11.4. The third-order valence-corrected chi connectivity index (χ3v) is 6.54. The number of carbonyl (C=O) groups is 1. The molecule has 0 aliphatic rings. The molecule has 0 aliphatic heterocycles. The number of aryl methyl sites for hydroxylation is 4. The van der Waals surface area contributed by atoms with Crippen LogP contribution in [0, 0.1) is 27.7 Å². The van der Waals surface area contributed by atoms with Gasteiger partial charge in [-0.3, -0.25) is 9.36 Å². The fourth-order valence-electron chi connectivity index (χ4n) is 4.10. The summed E-state index contributed by atoms with van der Waals surface area (Å²) in [7, 11) is 1.72. The lowest BCUT2D eigenvalue weighted by Gasteiger charge is -2.28. The molecule has 0 saturated carbocycles. The first-order chi connectivity index (χ1) is 16.2. The lowest BCUT2D eigenvalue weighted by Crippen LogP contribution is -2.37. The van der Waals surface area contributed by atoms with E-state index < -0.39 is 6.04 Å².